The van der Waals surface area contributed by atoms with Gasteiger partial charge in [-0.25, -0.2) is 4.98 Å². The summed E-state index contributed by atoms with van der Waals surface area (Å²) in [5, 5.41) is 3.97. The summed E-state index contributed by atoms with van der Waals surface area (Å²) in [7, 11) is 0. The minimum absolute atomic E-state index is 0.0561. The minimum Gasteiger partial charge on any atom is -0.324 e. The molecule has 0 radical (unpaired) electrons. The van der Waals surface area contributed by atoms with Crippen LogP contribution in [0.1, 0.15) is 41.2 Å². The molecule has 1 fully saturated rings. The molecule has 1 unspecified atom stereocenters. The van der Waals surface area contributed by atoms with Crippen LogP contribution < -0.4 is 5.32 Å². The van der Waals surface area contributed by atoms with Gasteiger partial charge >= 0.3 is 0 Å². The van der Waals surface area contributed by atoms with Crippen LogP contribution in [0.25, 0.3) is 10.2 Å². The summed E-state index contributed by atoms with van der Waals surface area (Å²) in [6, 6.07) is 15.4. The molecule has 0 aliphatic carbocycles. The van der Waals surface area contributed by atoms with Crippen LogP contribution in [0.4, 0.5) is 5.69 Å². The van der Waals surface area contributed by atoms with E-state index in [1.165, 1.54) is 11.6 Å². The molecule has 0 saturated carbocycles. The smallest absolute Gasteiger partial charge is 0.238 e. The summed E-state index contributed by atoms with van der Waals surface area (Å²) in [5.41, 5.74) is 2.13. The number of rotatable bonds is 5. The van der Waals surface area contributed by atoms with Gasteiger partial charge in [0.15, 0.2) is 5.78 Å². The topological polar surface area (TPSA) is 62.3 Å². The number of benzene rings is 2. The maximum atomic E-state index is 12.6. The average Bonchev–Trinajstić information content (AvgIpc) is 3.28. The third kappa shape index (κ3) is 3.77. The predicted octanol–water partition coefficient (Wildman–Crippen LogP) is 4.27. The van der Waals surface area contributed by atoms with E-state index in [-0.39, 0.29) is 17.7 Å². The van der Waals surface area contributed by atoms with Crippen LogP contribution in [-0.4, -0.2) is 34.7 Å². The highest BCUT2D eigenvalue weighted by molar-refractivity contribution is 7.18. The molecule has 5 nitrogen and oxygen atoms in total. The number of thiazole rings is 1. The molecule has 1 aliphatic heterocycles. The number of hydrogen-bond donors (Lipinski definition) is 1. The lowest BCUT2D eigenvalue weighted by Gasteiger charge is -2.22. The lowest BCUT2D eigenvalue weighted by atomic mass is 10.1. The Balaban J connectivity index is 1.48. The molecule has 1 N–H and O–H groups in total. The van der Waals surface area contributed by atoms with Gasteiger partial charge in [-0.3, -0.25) is 14.5 Å². The summed E-state index contributed by atoms with van der Waals surface area (Å²) in [6.07, 6.45) is 2.06. The number of aromatic nitrogens is 1. The molecular formula is C21H21N3O2S. The first-order chi connectivity index (χ1) is 13.1. The highest BCUT2D eigenvalue weighted by Crippen LogP contribution is 2.36. The fourth-order valence-electron chi connectivity index (χ4n) is 3.60. The third-order valence-electron chi connectivity index (χ3n) is 4.89. The molecule has 0 bridgehead atoms. The van der Waals surface area contributed by atoms with Crippen molar-refractivity contribution in [1.29, 1.82) is 0 Å². The van der Waals surface area contributed by atoms with Crippen LogP contribution in [0.3, 0.4) is 0 Å². The second-order valence-corrected chi connectivity index (χ2v) is 7.86. The lowest BCUT2D eigenvalue weighted by Crippen LogP contribution is -2.33. The van der Waals surface area contributed by atoms with Crippen molar-refractivity contribution in [2.45, 2.75) is 25.8 Å². The monoisotopic (exact) mass is 379 g/mol. The number of ketones is 1. The summed E-state index contributed by atoms with van der Waals surface area (Å²) in [6.45, 7) is 2.68. The third-order valence-corrected chi connectivity index (χ3v) is 6.02. The molecule has 3 aromatic rings. The molecule has 4 rings (SSSR count). The number of likely N-dealkylation sites (tertiary alicyclic amines) is 1. The first-order valence-electron chi connectivity index (χ1n) is 9.11. The van der Waals surface area contributed by atoms with Crippen molar-refractivity contribution in [3.05, 3.63) is 59.1 Å². The van der Waals surface area contributed by atoms with Crippen molar-refractivity contribution in [3.8, 4) is 0 Å². The fourth-order valence-corrected chi connectivity index (χ4v) is 4.74. The van der Waals surface area contributed by atoms with Crippen molar-refractivity contribution >= 4 is 38.9 Å². The second kappa shape index (κ2) is 7.58. The van der Waals surface area contributed by atoms with Gasteiger partial charge in [-0.2, -0.15) is 0 Å². The van der Waals surface area contributed by atoms with Gasteiger partial charge in [0.1, 0.15) is 5.01 Å². The van der Waals surface area contributed by atoms with Gasteiger partial charge in [-0.1, -0.05) is 24.3 Å². The number of nitrogens with one attached hydrogen (secondary N) is 1. The number of fused-ring (bicyclic) bond motifs is 1. The van der Waals surface area contributed by atoms with E-state index >= 15 is 0 Å². The van der Waals surface area contributed by atoms with E-state index in [9.17, 15) is 9.59 Å². The van der Waals surface area contributed by atoms with Gasteiger partial charge in [0.2, 0.25) is 5.91 Å². The summed E-state index contributed by atoms with van der Waals surface area (Å²) >= 11 is 1.71. The van der Waals surface area contributed by atoms with Gasteiger partial charge in [-0.15, -0.1) is 11.3 Å². The van der Waals surface area contributed by atoms with Gasteiger partial charge in [0.25, 0.3) is 0 Å². The number of carbonyl (C=O) groups excluding carboxylic acids is 2. The predicted molar refractivity (Wildman–Crippen MR) is 108 cm³/mol. The van der Waals surface area contributed by atoms with Gasteiger partial charge in [0.05, 0.1) is 28.5 Å². The number of hydrogen-bond acceptors (Lipinski definition) is 5. The van der Waals surface area contributed by atoms with Crippen LogP contribution in [-0.2, 0) is 4.79 Å². The summed E-state index contributed by atoms with van der Waals surface area (Å²) in [4.78, 5) is 31.3. The van der Waals surface area contributed by atoms with Crippen LogP contribution in [0.5, 0.6) is 0 Å². The zero-order chi connectivity index (χ0) is 18.8. The minimum atomic E-state index is -0.100. The van der Waals surface area contributed by atoms with E-state index in [0.29, 0.717) is 17.8 Å². The number of anilines is 1. The molecule has 1 aliphatic rings. The highest BCUT2D eigenvalue weighted by Gasteiger charge is 2.30. The van der Waals surface area contributed by atoms with Crippen molar-refractivity contribution in [3.63, 3.8) is 0 Å². The van der Waals surface area contributed by atoms with Gasteiger partial charge in [-0.05, 0) is 50.6 Å². The standard InChI is InChI=1S/C21H21N3O2S/c1-14(25)15-7-2-3-8-16(15)22-20(26)13-24-12-6-10-18(24)21-23-17-9-4-5-11-19(17)27-21/h2-5,7-9,11,18H,6,10,12-13H2,1H3,(H,22,26). The second-order valence-electron chi connectivity index (χ2n) is 6.80. The molecule has 0 spiro atoms. The Kier molecular flexibility index (Phi) is 5.01. The van der Waals surface area contributed by atoms with E-state index in [4.69, 9.17) is 4.98 Å². The lowest BCUT2D eigenvalue weighted by molar-refractivity contribution is -0.117. The molecule has 27 heavy (non-hydrogen) atoms. The molecule has 1 saturated heterocycles. The Hall–Kier alpha value is -2.57. The average molecular weight is 379 g/mol. The molecule has 1 atom stereocenters. The zero-order valence-electron chi connectivity index (χ0n) is 15.1. The number of para-hydroxylation sites is 2. The maximum absolute atomic E-state index is 12.6. The van der Waals surface area contributed by atoms with Crippen LogP contribution in [0.15, 0.2) is 48.5 Å². The Morgan fingerprint density at radius 3 is 2.78 bits per heavy atom. The van der Waals surface area contributed by atoms with Crippen LogP contribution in [0, 0.1) is 0 Å². The number of carbonyl (C=O) groups is 2. The van der Waals surface area contributed by atoms with Gasteiger partial charge < -0.3 is 5.32 Å². The molecule has 6 heteroatoms. The van der Waals surface area contributed by atoms with Crippen molar-refractivity contribution in [2.24, 2.45) is 0 Å². The number of Topliss-reactive ketones (excluding diaryl/α,β-unsaturated/α-hetero) is 1. The maximum Gasteiger partial charge on any atom is 0.238 e. The van der Waals surface area contributed by atoms with E-state index in [0.717, 1.165) is 29.9 Å². The van der Waals surface area contributed by atoms with E-state index in [1.807, 2.05) is 24.3 Å². The molecule has 2 heterocycles. The molecule has 1 amide bonds. The molecule has 2 aromatic carbocycles. The zero-order valence-corrected chi connectivity index (χ0v) is 16.0. The molecule has 138 valence electrons. The van der Waals surface area contributed by atoms with Crippen LogP contribution >= 0.6 is 11.3 Å². The van der Waals surface area contributed by atoms with Crippen molar-refractivity contribution < 1.29 is 9.59 Å². The quantitative estimate of drug-likeness (QED) is 0.672. The fraction of sp³-hybridized carbons (Fsp3) is 0.286. The first-order valence-corrected chi connectivity index (χ1v) is 9.93. The van der Waals surface area contributed by atoms with E-state index in [2.05, 4.69) is 16.3 Å². The Morgan fingerprint density at radius 1 is 1.19 bits per heavy atom. The SMILES string of the molecule is CC(=O)c1ccccc1NC(=O)CN1CCCC1c1nc2ccccc2s1. The largest absolute Gasteiger partial charge is 0.324 e. The normalized spacial score (nSPS) is 17.3. The summed E-state index contributed by atoms with van der Waals surface area (Å²) < 4.78 is 1.18. The number of nitrogens with zero attached hydrogens (tertiary/aromatic N) is 2. The molecule has 1 aromatic heterocycles. The summed E-state index contributed by atoms with van der Waals surface area (Å²) in [5.74, 6) is -0.156. The Morgan fingerprint density at radius 2 is 1.96 bits per heavy atom. The Labute approximate surface area is 162 Å². The van der Waals surface area contributed by atoms with E-state index < -0.39 is 0 Å². The molecular weight excluding hydrogens is 358 g/mol. The number of amides is 1. The van der Waals surface area contributed by atoms with Crippen molar-refractivity contribution in [2.75, 3.05) is 18.4 Å². The van der Waals surface area contributed by atoms with Gasteiger partial charge in [0, 0.05) is 5.56 Å². The Bertz CT molecular complexity index is 965. The van der Waals surface area contributed by atoms with E-state index in [1.54, 1.807) is 29.5 Å². The van der Waals surface area contributed by atoms with Crippen molar-refractivity contribution in [1.82, 2.24) is 9.88 Å². The first kappa shape index (κ1) is 17.8. The van der Waals surface area contributed by atoms with Crippen LogP contribution in [0.2, 0.25) is 0 Å². The highest BCUT2D eigenvalue weighted by atomic mass is 32.1.